The average Bonchev–Trinajstić information content (AvgIpc) is 3.38. The SMILES string of the molecule is CC(F)Oc1cccc(-c2nn(C(C)C)c3cc(C(=O)N[C@]4([C@@H](C)O)CCOC4)cnc23)c1. The molecule has 2 aromatic heterocycles. The van der Waals surface area contributed by atoms with E-state index in [0.29, 0.717) is 41.1 Å². The highest BCUT2D eigenvalue weighted by Crippen LogP contribution is 2.31. The number of aromatic nitrogens is 3. The number of ether oxygens (including phenoxy) is 2. The minimum absolute atomic E-state index is 0.0127. The molecule has 3 heterocycles. The van der Waals surface area contributed by atoms with Crippen molar-refractivity contribution in [2.24, 2.45) is 0 Å². The molecule has 176 valence electrons. The van der Waals surface area contributed by atoms with Crippen molar-refractivity contribution in [3.8, 4) is 17.0 Å². The average molecular weight is 457 g/mol. The zero-order valence-corrected chi connectivity index (χ0v) is 19.2. The van der Waals surface area contributed by atoms with Gasteiger partial charge in [-0.1, -0.05) is 12.1 Å². The van der Waals surface area contributed by atoms with Gasteiger partial charge in [-0.05, 0) is 45.4 Å². The molecule has 0 radical (unpaired) electrons. The lowest BCUT2D eigenvalue weighted by Crippen LogP contribution is -2.56. The van der Waals surface area contributed by atoms with Gasteiger partial charge in [0.25, 0.3) is 5.91 Å². The van der Waals surface area contributed by atoms with E-state index in [1.165, 1.54) is 13.1 Å². The first-order valence-corrected chi connectivity index (χ1v) is 11.1. The number of carbonyl (C=O) groups is 1. The van der Waals surface area contributed by atoms with Gasteiger partial charge in [-0.15, -0.1) is 0 Å². The molecule has 8 nitrogen and oxygen atoms in total. The fourth-order valence-electron chi connectivity index (χ4n) is 4.05. The summed E-state index contributed by atoms with van der Waals surface area (Å²) < 4.78 is 25.7. The van der Waals surface area contributed by atoms with Gasteiger partial charge in [0.2, 0.25) is 6.36 Å². The summed E-state index contributed by atoms with van der Waals surface area (Å²) in [6.07, 6.45) is -0.145. The molecule has 0 bridgehead atoms. The monoisotopic (exact) mass is 456 g/mol. The molecule has 33 heavy (non-hydrogen) atoms. The molecule has 9 heteroatoms. The third-order valence-corrected chi connectivity index (χ3v) is 5.92. The summed E-state index contributed by atoms with van der Waals surface area (Å²) in [6.45, 7) is 7.70. The number of carbonyl (C=O) groups excluding carboxylic acids is 1. The lowest BCUT2D eigenvalue weighted by molar-refractivity contribution is 0.0505. The van der Waals surface area contributed by atoms with Crippen LogP contribution in [0.4, 0.5) is 4.39 Å². The van der Waals surface area contributed by atoms with Crippen molar-refractivity contribution in [1.29, 1.82) is 0 Å². The number of aliphatic hydroxyl groups is 1. The standard InChI is InChI=1S/C24H29FN4O4/c1-14(2)29-20-11-18(23(31)27-24(15(3)30)8-9-32-13-24)12-26-22(20)21(28-29)17-6-5-7-19(10-17)33-16(4)25/h5-7,10-12,14-16,30H,8-9,13H2,1-4H3,(H,27,31)/t15-,16?,24-/m1/s1. The van der Waals surface area contributed by atoms with E-state index in [1.54, 1.807) is 31.2 Å². The van der Waals surface area contributed by atoms with Crippen LogP contribution in [0, 0.1) is 0 Å². The minimum Gasteiger partial charge on any atom is -0.461 e. The highest BCUT2D eigenvalue weighted by atomic mass is 19.1. The summed E-state index contributed by atoms with van der Waals surface area (Å²) in [4.78, 5) is 17.6. The number of hydrogen-bond donors (Lipinski definition) is 2. The summed E-state index contributed by atoms with van der Waals surface area (Å²) in [5.41, 5.74) is 2.23. The summed E-state index contributed by atoms with van der Waals surface area (Å²) in [6, 6.07) is 8.80. The Balaban J connectivity index is 1.73. The number of pyridine rings is 1. The van der Waals surface area contributed by atoms with E-state index < -0.39 is 18.0 Å². The van der Waals surface area contributed by atoms with Crippen molar-refractivity contribution in [2.75, 3.05) is 13.2 Å². The lowest BCUT2D eigenvalue weighted by Gasteiger charge is -2.31. The third kappa shape index (κ3) is 4.56. The Bertz CT molecular complexity index is 1150. The molecule has 0 saturated carbocycles. The number of fused-ring (bicyclic) bond motifs is 1. The zero-order chi connectivity index (χ0) is 23.8. The second kappa shape index (κ2) is 9.07. The second-order valence-corrected chi connectivity index (χ2v) is 8.76. The summed E-state index contributed by atoms with van der Waals surface area (Å²) >= 11 is 0. The molecule has 1 aliphatic heterocycles. The summed E-state index contributed by atoms with van der Waals surface area (Å²) in [7, 11) is 0. The van der Waals surface area contributed by atoms with Crippen molar-refractivity contribution < 1.29 is 23.8 Å². The predicted molar refractivity (Wildman–Crippen MR) is 122 cm³/mol. The van der Waals surface area contributed by atoms with E-state index >= 15 is 0 Å². The maximum atomic E-state index is 13.3. The molecule has 2 N–H and O–H groups in total. The van der Waals surface area contributed by atoms with Gasteiger partial charge in [-0.3, -0.25) is 14.5 Å². The van der Waals surface area contributed by atoms with Crippen molar-refractivity contribution in [3.63, 3.8) is 0 Å². The van der Waals surface area contributed by atoms with E-state index in [-0.39, 0.29) is 18.6 Å². The molecule has 0 aliphatic carbocycles. The van der Waals surface area contributed by atoms with Gasteiger partial charge >= 0.3 is 0 Å². The molecule has 1 saturated heterocycles. The first-order chi connectivity index (χ1) is 15.7. The fraction of sp³-hybridized carbons (Fsp3) is 0.458. The first kappa shape index (κ1) is 23.1. The van der Waals surface area contributed by atoms with E-state index in [2.05, 4.69) is 10.3 Å². The van der Waals surface area contributed by atoms with E-state index in [9.17, 15) is 14.3 Å². The van der Waals surface area contributed by atoms with Crippen molar-refractivity contribution in [1.82, 2.24) is 20.1 Å². The quantitative estimate of drug-likeness (QED) is 0.563. The summed E-state index contributed by atoms with van der Waals surface area (Å²) in [5, 5.41) is 17.9. The van der Waals surface area contributed by atoms with Gasteiger partial charge in [0.05, 0.1) is 29.3 Å². The Hall–Kier alpha value is -3.04. The Morgan fingerprint density at radius 2 is 2.09 bits per heavy atom. The number of nitrogens with one attached hydrogen (secondary N) is 1. The zero-order valence-electron chi connectivity index (χ0n) is 19.2. The van der Waals surface area contributed by atoms with E-state index in [0.717, 1.165) is 5.56 Å². The topological polar surface area (TPSA) is 98.5 Å². The number of aliphatic hydroxyl groups excluding tert-OH is 1. The maximum Gasteiger partial charge on any atom is 0.253 e. The van der Waals surface area contributed by atoms with Crippen LogP contribution < -0.4 is 10.1 Å². The Morgan fingerprint density at radius 3 is 2.73 bits per heavy atom. The number of hydrogen-bond acceptors (Lipinski definition) is 6. The largest absolute Gasteiger partial charge is 0.461 e. The number of nitrogens with zero attached hydrogens (tertiary/aromatic N) is 3. The third-order valence-electron chi connectivity index (χ3n) is 5.92. The van der Waals surface area contributed by atoms with Crippen LogP contribution in [0.25, 0.3) is 22.3 Å². The first-order valence-electron chi connectivity index (χ1n) is 11.1. The van der Waals surface area contributed by atoms with Gasteiger partial charge in [-0.25, -0.2) is 4.39 Å². The number of benzene rings is 1. The number of rotatable bonds is 7. The van der Waals surface area contributed by atoms with Crippen LogP contribution in [-0.2, 0) is 4.74 Å². The van der Waals surface area contributed by atoms with E-state index in [1.807, 2.05) is 24.6 Å². The second-order valence-electron chi connectivity index (χ2n) is 8.76. The summed E-state index contributed by atoms with van der Waals surface area (Å²) in [5.74, 6) is 0.0640. The predicted octanol–water partition coefficient (Wildman–Crippen LogP) is 3.64. The van der Waals surface area contributed by atoms with Gasteiger partial charge in [-0.2, -0.15) is 5.10 Å². The molecule has 3 atom stereocenters. The van der Waals surface area contributed by atoms with Crippen LogP contribution in [0.2, 0.25) is 0 Å². The van der Waals surface area contributed by atoms with Crippen LogP contribution in [-0.4, -0.2) is 57.0 Å². The normalized spacial score (nSPS) is 20.2. The highest BCUT2D eigenvalue weighted by Gasteiger charge is 2.41. The van der Waals surface area contributed by atoms with E-state index in [4.69, 9.17) is 14.6 Å². The van der Waals surface area contributed by atoms with Crippen molar-refractivity contribution >= 4 is 16.9 Å². The maximum absolute atomic E-state index is 13.3. The van der Waals surface area contributed by atoms with Crippen LogP contribution in [0.3, 0.4) is 0 Å². The molecule has 1 aromatic carbocycles. The lowest BCUT2D eigenvalue weighted by atomic mass is 9.92. The molecule has 1 amide bonds. The van der Waals surface area contributed by atoms with Crippen LogP contribution >= 0.6 is 0 Å². The Labute approximate surface area is 191 Å². The molecule has 1 fully saturated rings. The molecule has 4 rings (SSSR count). The number of halogens is 1. The van der Waals surface area contributed by atoms with Gasteiger partial charge < -0.3 is 19.9 Å². The molecule has 1 unspecified atom stereocenters. The smallest absolute Gasteiger partial charge is 0.253 e. The van der Waals surface area contributed by atoms with Crippen LogP contribution in [0.15, 0.2) is 36.5 Å². The number of amides is 1. The van der Waals surface area contributed by atoms with Crippen molar-refractivity contribution in [2.45, 2.75) is 58.2 Å². The van der Waals surface area contributed by atoms with Gasteiger partial charge in [0.15, 0.2) is 0 Å². The Morgan fingerprint density at radius 1 is 1.30 bits per heavy atom. The minimum atomic E-state index is -1.43. The molecular weight excluding hydrogens is 427 g/mol. The fourth-order valence-corrected chi connectivity index (χ4v) is 4.05. The van der Waals surface area contributed by atoms with Crippen molar-refractivity contribution in [3.05, 3.63) is 42.1 Å². The van der Waals surface area contributed by atoms with Gasteiger partial charge in [0.1, 0.15) is 17.0 Å². The molecule has 0 spiro atoms. The molecule has 1 aliphatic rings. The molecule has 3 aromatic rings. The van der Waals surface area contributed by atoms with Gasteiger partial charge in [0, 0.05) is 31.3 Å². The number of alkyl halides is 1. The highest BCUT2D eigenvalue weighted by molar-refractivity contribution is 5.99. The molecular formula is C24H29FN4O4. The Kier molecular flexibility index (Phi) is 6.36. The van der Waals surface area contributed by atoms with Crippen LogP contribution in [0.5, 0.6) is 5.75 Å². The van der Waals surface area contributed by atoms with Crippen LogP contribution in [0.1, 0.15) is 50.5 Å².